The summed E-state index contributed by atoms with van der Waals surface area (Å²) in [7, 11) is 0. The summed E-state index contributed by atoms with van der Waals surface area (Å²) < 4.78 is 7.86. The Balaban J connectivity index is 1.41. The Kier molecular flexibility index (Phi) is 6.48. The van der Waals surface area contributed by atoms with Crippen LogP contribution in [0.25, 0.3) is 16.9 Å². The maximum Gasteiger partial charge on any atom is 0.235 e. The van der Waals surface area contributed by atoms with Crippen LogP contribution >= 0.6 is 11.8 Å². The molecule has 1 N–H and O–H groups in total. The Bertz CT molecular complexity index is 1500. The molecule has 0 fully saturated rings. The van der Waals surface area contributed by atoms with Crippen LogP contribution in [-0.4, -0.2) is 21.4 Å². The van der Waals surface area contributed by atoms with Gasteiger partial charge in [-0.25, -0.2) is 4.68 Å². The summed E-state index contributed by atoms with van der Waals surface area (Å²) >= 11 is 1.62. The van der Waals surface area contributed by atoms with Crippen LogP contribution in [0.3, 0.4) is 0 Å². The van der Waals surface area contributed by atoms with Gasteiger partial charge in [-0.15, -0.1) is 11.8 Å². The van der Waals surface area contributed by atoms with Crippen molar-refractivity contribution >= 4 is 23.5 Å². The molecular weight excluding hydrogens is 478 g/mol. The molecule has 0 radical (unpaired) electrons. The van der Waals surface area contributed by atoms with Crippen molar-refractivity contribution in [1.82, 2.24) is 9.78 Å². The molecule has 0 saturated carbocycles. The quantitative estimate of drug-likeness (QED) is 0.274. The van der Waals surface area contributed by atoms with E-state index in [9.17, 15) is 4.79 Å². The molecule has 37 heavy (non-hydrogen) atoms. The van der Waals surface area contributed by atoms with Gasteiger partial charge in [0.05, 0.1) is 22.4 Å². The summed E-state index contributed by atoms with van der Waals surface area (Å²) in [6, 6.07) is 38.4. The zero-order chi connectivity index (χ0) is 25.0. The Hall–Kier alpha value is -4.29. The number of thioether (sulfide) groups is 1. The van der Waals surface area contributed by atoms with Gasteiger partial charge in [0.1, 0.15) is 18.2 Å². The van der Waals surface area contributed by atoms with Crippen LogP contribution in [0.5, 0.6) is 5.75 Å². The number of anilines is 1. The fourth-order valence-electron chi connectivity index (χ4n) is 4.52. The largest absolute Gasteiger partial charge is 0.489 e. The predicted octanol–water partition coefficient (Wildman–Crippen LogP) is 6.89. The highest BCUT2D eigenvalue weighted by Gasteiger charge is 2.32. The van der Waals surface area contributed by atoms with Gasteiger partial charge < -0.3 is 10.1 Å². The number of rotatable bonds is 6. The van der Waals surface area contributed by atoms with Gasteiger partial charge in [0.25, 0.3) is 0 Å². The number of carbonyl (C=O) groups is 1. The number of hydrogen-bond acceptors (Lipinski definition) is 4. The highest BCUT2D eigenvalue weighted by molar-refractivity contribution is 8.00. The number of aromatic nitrogens is 2. The van der Waals surface area contributed by atoms with Gasteiger partial charge in [0, 0.05) is 11.1 Å². The normalized spacial score (nSPS) is 14.9. The number of para-hydroxylation sites is 1. The molecule has 6 rings (SSSR count). The Morgan fingerprint density at radius 3 is 2.19 bits per heavy atom. The first-order valence-electron chi connectivity index (χ1n) is 12.2. The molecule has 1 atom stereocenters. The zero-order valence-corrected chi connectivity index (χ0v) is 20.9. The van der Waals surface area contributed by atoms with Crippen LogP contribution in [0.2, 0.25) is 0 Å². The van der Waals surface area contributed by atoms with E-state index in [1.54, 1.807) is 11.8 Å². The molecule has 1 aliphatic rings. The van der Waals surface area contributed by atoms with Crippen molar-refractivity contribution < 1.29 is 9.53 Å². The average Bonchev–Trinajstić information content (AvgIpc) is 3.23. The predicted molar refractivity (Wildman–Crippen MR) is 149 cm³/mol. The summed E-state index contributed by atoms with van der Waals surface area (Å²) in [5, 5.41) is 8.10. The molecule has 1 aromatic heterocycles. The minimum Gasteiger partial charge on any atom is -0.489 e. The van der Waals surface area contributed by atoms with E-state index in [1.165, 1.54) is 0 Å². The molecule has 0 bridgehead atoms. The number of nitrogens with one attached hydrogen (secondary N) is 1. The molecule has 0 aliphatic carbocycles. The molecule has 2 heterocycles. The topological polar surface area (TPSA) is 56.1 Å². The Morgan fingerprint density at radius 2 is 1.49 bits per heavy atom. The molecule has 6 heteroatoms. The van der Waals surface area contributed by atoms with Gasteiger partial charge in [-0.05, 0) is 35.4 Å². The Morgan fingerprint density at radius 1 is 0.838 bits per heavy atom. The van der Waals surface area contributed by atoms with Crippen molar-refractivity contribution in [3.63, 3.8) is 0 Å². The van der Waals surface area contributed by atoms with Crippen LogP contribution in [-0.2, 0) is 11.4 Å². The number of ether oxygens (including phenoxy) is 1. The second-order valence-electron chi connectivity index (χ2n) is 8.81. The molecule has 0 saturated heterocycles. The van der Waals surface area contributed by atoms with E-state index < -0.39 is 0 Å². The van der Waals surface area contributed by atoms with Crippen molar-refractivity contribution in [2.75, 3.05) is 11.1 Å². The van der Waals surface area contributed by atoms with E-state index in [2.05, 4.69) is 41.7 Å². The third-order valence-corrected chi connectivity index (χ3v) is 7.57. The first-order valence-corrected chi connectivity index (χ1v) is 13.2. The van der Waals surface area contributed by atoms with Crippen LogP contribution in [0.4, 0.5) is 5.82 Å². The van der Waals surface area contributed by atoms with Gasteiger partial charge in [0.2, 0.25) is 5.91 Å². The molecule has 5 aromatic rings. The third kappa shape index (κ3) is 4.88. The fraction of sp³-hybridized carbons (Fsp3) is 0.0968. The molecule has 0 spiro atoms. The lowest BCUT2D eigenvalue weighted by Crippen LogP contribution is -2.15. The van der Waals surface area contributed by atoms with Crippen LogP contribution in [0.15, 0.2) is 115 Å². The van der Waals surface area contributed by atoms with Gasteiger partial charge in [-0.3, -0.25) is 4.79 Å². The van der Waals surface area contributed by atoms with E-state index in [-0.39, 0.29) is 11.2 Å². The second-order valence-corrected chi connectivity index (χ2v) is 9.90. The summed E-state index contributed by atoms with van der Waals surface area (Å²) in [4.78, 5) is 12.8. The molecule has 1 aliphatic heterocycles. The van der Waals surface area contributed by atoms with Crippen molar-refractivity contribution in [2.24, 2.45) is 0 Å². The lowest BCUT2D eigenvalue weighted by Gasteiger charge is -2.17. The van der Waals surface area contributed by atoms with Gasteiger partial charge >= 0.3 is 0 Å². The number of benzene rings is 4. The summed E-state index contributed by atoms with van der Waals surface area (Å²) in [6.07, 6.45) is 0. The lowest BCUT2D eigenvalue weighted by atomic mass is 10.00. The number of amides is 1. The minimum atomic E-state index is -0.0789. The van der Waals surface area contributed by atoms with Crippen LogP contribution in [0, 0.1) is 0 Å². The van der Waals surface area contributed by atoms with E-state index in [0.717, 1.165) is 45.2 Å². The molecule has 4 aromatic carbocycles. The standard InChI is InChI=1S/C31H25N3O2S/c35-27-21-37-30(24-16-18-26(19-17-24)36-20-22-10-4-1-5-11-22)28-29(23-12-6-2-7-13-23)33-34(31(28)32-27)25-14-8-3-9-15-25/h1-19,30H,20-21H2,(H,32,35). The second kappa shape index (κ2) is 10.4. The van der Waals surface area contributed by atoms with Crippen LogP contribution in [0.1, 0.15) is 21.9 Å². The van der Waals surface area contributed by atoms with Crippen molar-refractivity contribution in [3.05, 3.63) is 132 Å². The van der Waals surface area contributed by atoms with Crippen molar-refractivity contribution in [1.29, 1.82) is 0 Å². The zero-order valence-electron chi connectivity index (χ0n) is 20.1. The average molecular weight is 504 g/mol. The Labute approximate surface area is 220 Å². The van der Waals surface area contributed by atoms with Gasteiger partial charge in [-0.2, -0.15) is 5.10 Å². The van der Waals surface area contributed by atoms with Crippen molar-refractivity contribution in [3.8, 4) is 22.7 Å². The molecule has 1 amide bonds. The van der Waals surface area contributed by atoms with Crippen molar-refractivity contribution in [2.45, 2.75) is 11.9 Å². The first kappa shape index (κ1) is 23.1. The summed E-state index contributed by atoms with van der Waals surface area (Å²) in [5.41, 5.74) is 6.00. The van der Waals surface area contributed by atoms with Gasteiger partial charge in [-0.1, -0.05) is 91.0 Å². The van der Waals surface area contributed by atoms with Crippen LogP contribution < -0.4 is 10.1 Å². The van der Waals surface area contributed by atoms with E-state index in [1.807, 2.05) is 83.5 Å². The third-order valence-electron chi connectivity index (χ3n) is 6.30. The highest BCUT2D eigenvalue weighted by Crippen LogP contribution is 2.47. The number of hydrogen-bond donors (Lipinski definition) is 1. The molecule has 1 unspecified atom stereocenters. The first-order chi connectivity index (χ1) is 18.3. The van der Waals surface area contributed by atoms with E-state index >= 15 is 0 Å². The van der Waals surface area contributed by atoms with E-state index in [0.29, 0.717) is 12.4 Å². The van der Waals surface area contributed by atoms with E-state index in [4.69, 9.17) is 9.84 Å². The fourth-order valence-corrected chi connectivity index (χ4v) is 5.65. The lowest BCUT2D eigenvalue weighted by molar-refractivity contribution is -0.113. The number of nitrogens with zero attached hydrogens (tertiary/aromatic N) is 2. The SMILES string of the molecule is O=C1CSC(c2ccc(OCc3ccccc3)cc2)c2c(-c3ccccc3)nn(-c3ccccc3)c2N1. The summed E-state index contributed by atoms with van der Waals surface area (Å²) in [6.45, 7) is 0.517. The number of carbonyl (C=O) groups excluding carboxylic acids is 1. The summed E-state index contributed by atoms with van der Waals surface area (Å²) in [5.74, 6) is 1.85. The monoisotopic (exact) mass is 503 g/mol. The highest BCUT2D eigenvalue weighted by atomic mass is 32.2. The molecule has 5 nitrogen and oxygen atoms in total. The maximum atomic E-state index is 12.8. The number of fused-ring (bicyclic) bond motifs is 1. The smallest absolute Gasteiger partial charge is 0.235 e. The molecule has 182 valence electrons. The maximum absolute atomic E-state index is 12.8. The van der Waals surface area contributed by atoms with Gasteiger partial charge in [0.15, 0.2) is 0 Å². The molecular formula is C31H25N3O2S. The minimum absolute atomic E-state index is 0.0340.